The lowest BCUT2D eigenvalue weighted by Crippen LogP contribution is -2.35. The summed E-state index contributed by atoms with van der Waals surface area (Å²) in [6, 6.07) is 11.4. The third-order valence-corrected chi connectivity index (χ3v) is 4.07. The second-order valence-electron chi connectivity index (χ2n) is 6.20. The van der Waals surface area contributed by atoms with Crippen LogP contribution in [0.15, 0.2) is 30.3 Å². The largest absolute Gasteiger partial charge is 0.340 e. The van der Waals surface area contributed by atoms with Gasteiger partial charge in [-0.2, -0.15) is 10.2 Å². The molecule has 118 valence electrons. The predicted octanol–water partition coefficient (Wildman–Crippen LogP) is 3.64. The topological polar surface area (TPSA) is 64.8 Å². The molecule has 1 unspecified atom stereocenters. The Morgan fingerprint density at radius 2 is 2.04 bits per heavy atom. The van der Waals surface area contributed by atoms with E-state index in [1.54, 1.807) is 12.1 Å². The highest BCUT2D eigenvalue weighted by molar-refractivity contribution is 5.58. The maximum atomic E-state index is 8.86. The van der Waals surface area contributed by atoms with E-state index in [2.05, 4.69) is 33.2 Å². The third-order valence-electron chi connectivity index (χ3n) is 4.07. The van der Waals surface area contributed by atoms with Gasteiger partial charge < -0.3 is 10.2 Å². The fraction of sp³-hybridized carbons (Fsp3) is 0.389. The normalized spacial score (nSPS) is 17.6. The average Bonchev–Trinajstić information content (AvgIpc) is 2.55. The SMILES string of the molecule is Cc1cc(Nc2ccc(C#N)cc2)nc(N2CCCC(C)C2)n1. The molecule has 1 atom stereocenters. The average molecular weight is 307 g/mol. The molecule has 0 aliphatic carbocycles. The van der Waals surface area contributed by atoms with Crippen LogP contribution in [-0.4, -0.2) is 23.1 Å². The van der Waals surface area contributed by atoms with Gasteiger partial charge in [0.2, 0.25) is 5.95 Å². The summed E-state index contributed by atoms with van der Waals surface area (Å²) in [6.07, 6.45) is 2.47. The van der Waals surface area contributed by atoms with Gasteiger partial charge >= 0.3 is 0 Å². The second kappa shape index (κ2) is 6.66. The minimum Gasteiger partial charge on any atom is -0.340 e. The van der Waals surface area contributed by atoms with Crippen molar-refractivity contribution in [3.8, 4) is 6.07 Å². The van der Waals surface area contributed by atoms with Crippen molar-refractivity contribution in [1.82, 2.24) is 9.97 Å². The number of nitriles is 1. The lowest BCUT2D eigenvalue weighted by molar-refractivity contribution is 0.442. The van der Waals surface area contributed by atoms with Gasteiger partial charge in [-0.05, 0) is 49.9 Å². The molecular weight excluding hydrogens is 286 g/mol. The number of rotatable bonds is 3. The predicted molar refractivity (Wildman–Crippen MR) is 91.8 cm³/mol. The molecule has 1 aromatic carbocycles. The molecule has 1 N–H and O–H groups in total. The Labute approximate surface area is 137 Å². The molecule has 0 spiro atoms. The highest BCUT2D eigenvalue weighted by Gasteiger charge is 2.19. The summed E-state index contributed by atoms with van der Waals surface area (Å²) in [6.45, 7) is 6.30. The fourth-order valence-corrected chi connectivity index (χ4v) is 2.91. The highest BCUT2D eigenvalue weighted by Crippen LogP contribution is 2.23. The molecule has 1 saturated heterocycles. The quantitative estimate of drug-likeness (QED) is 0.938. The Morgan fingerprint density at radius 1 is 1.26 bits per heavy atom. The number of aromatic nitrogens is 2. The number of nitrogens with one attached hydrogen (secondary N) is 1. The minimum atomic E-state index is 0.650. The Kier molecular flexibility index (Phi) is 4.42. The van der Waals surface area contributed by atoms with Crippen LogP contribution in [0.5, 0.6) is 0 Å². The molecule has 0 bridgehead atoms. The van der Waals surface area contributed by atoms with Gasteiger partial charge in [0.15, 0.2) is 0 Å². The van der Waals surface area contributed by atoms with E-state index in [1.807, 2.05) is 25.1 Å². The molecule has 5 heteroatoms. The summed E-state index contributed by atoms with van der Waals surface area (Å²) < 4.78 is 0. The van der Waals surface area contributed by atoms with E-state index in [1.165, 1.54) is 12.8 Å². The maximum absolute atomic E-state index is 8.86. The zero-order valence-corrected chi connectivity index (χ0v) is 13.6. The molecule has 1 aliphatic rings. The first-order valence-corrected chi connectivity index (χ1v) is 8.02. The van der Waals surface area contributed by atoms with Gasteiger partial charge in [0.25, 0.3) is 0 Å². The van der Waals surface area contributed by atoms with Crippen LogP contribution >= 0.6 is 0 Å². The van der Waals surface area contributed by atoms with E-state index in [-0.39, 0.29) is 0 Å². The van der Waals surface area contributed by atoms with Crippen molar-refractivity contribution in [3.63, 3.8) is 0 Å². The van der Waals surface area contributed by atoms with Gasteiger partial charge in [0, 0.05) is 30.5 Å². The smallest absolute Gasteiger partial charge is 0.227 e. The first-order valence-electron chi connectivity index (χ1n) is 8.02. The van der Waals surface area contributed by atoms with Crippen LogP contribution in [0.1, 0.15) is 31.0 Å². The van der Waals surface area contributed by atoms with Gasteiger partial charge in [-0.25, -0.2) is 4.98 Å². The molecule has 2 aromatic rings. The first kappa shape index (κ1) is 15.3. The number of anilines is 3. The summed E-state index contributed by atoms with van der Waals surface area (Å²) in [4.78, 5) is 11.5. The summed E-state index contributed by atoms with van der Waals surface area (Å²) >= 11 is 0. The van der Waals surface area contributed by atoms with Crippen LogP contribution < -0.4 is 10.2 Å². The van der Waals surface area contributed by atoms with Crippen LogP contribution in [0, 0.1) is 24.2 Å². The fourth-order valence-electron chi connectivity index (χ4n) is 2.91. The van der Waals surface area contributed by atoms with Crippen molar-refractivity contribution in [2.75, 3.05) is 23.3 Å². The first-order chi connectivity index (χ1) is 11.1. The minimum absolute atomic E-state index is 0.650. The summed E-state index contributed by atoms with van der Waals surface area (Å²) in [5.41, 5.74) is 2.52. The molecule has 0 amide bonds. The van der Waals surface area contributed by atoms with Crippen LogP contribution in [0.3, 0.4) is 0 Å². The van der Waals surface area contributed by atoms with Crippen molar-refractivity contribution in [2.45, 2.75) is 26.7 Å². The van der Waals surface area contributed by atoms with E-state index < -0.39 is 0 Å². The van der Waals surface area contributed by atoms with Crippen molar-refractivity contribution in [2.24, 2.45) is 5.92 Å². The zero-order valence-electron chi connectivity index (χ0n) is 13.6. The Balaban J connectivity index is 1.80. The van der Waals surface area contributed by atoms with Gasteiger partial charge in [-0.3, -0.25) is 0 Å². The number of nitrogens with zero attached hydrogens (tertiary/aromatic N) is 4. The molecule has 0 radical (unpaired) electrons. The maximum Gasteiger partial charge on any atom is 0.227 e. The molecule has 23 heavy (non-hydrogen) atoms. The van der Waals surface area contributed by atoms with E-state index in [0.29, 0.717) is 11.5 Å². The molecule has 3 rings (SSSR count). The highest BCUT2D eigenvalue weighted by atomic mass is 15.3. The molecule has 1 aliphatic heterocycles. The summed E-state index contributed by atoms with van der Waals surface area (Å²) in [7, 11) is 0. The van der Waals surface area contributed by atoms with E-state index in [0.717, 1.165) is 36.2 Å². The van der Waals surface area contributed by atoms with Crippen molar-refractivity contribution in [1.29, 1.82) is 5.26 Å². The van der Waals surface area contributed by atoms with Crippen LogP contribution in [0.25, 0.3) is 0 Å². The van der Waals surface area contributed by atoms with Gasteiger partial charge in [-0.1, -0.05) is 6.92 Å². The van der Waals surface area contributed by atoms with Crippen LogP contribution in [-0.2, 0) is 0 Å². The lowest BCUT2D eigenvalue weighted by atomic mass is 10.0. The van der Waals surface area contributed by atoms with Gasteiger partial charge in [0.1, 0.15) is 5.82 Å². The van der Waals surface area contributed by atoms with Crippen LogP contribution in [0.2, 0.25) is 0 Å². The van der Waals surface area contributed by atoms with Crippen molar-refractivity contribution in [3.05, 3.63) is 41.6 Å². The summed E-state index contributed by atoms with van der Waals surface area (Å²) in [5, 5.41) is 12.2. The Hall–Kier alpha value is -2.61. The van der Waals surface area contributed by atoms with E-state index in [4.69, 9.17) is 5.26 Å². The number of piperidine rings is 1. The number of benzene rings is 1. The summed E-state index contributed by atoms with van der Waals surface area (Å²) in [5.74, 6) is 2.27. The third kappa shape index (κ3) is 3.78. The molecule has 1 aromatic heterocycles. The van der Waals surface area contributed by atoms with E-state index >= 15 is 0 Å². The number of aryl methyl sites for hydroxylation is 1. The van der Waals surface area contributed by atoms with Crippen molar-refractivity contribution < 1.29 is 0 Å². The number of hydrogen-bond acceptors (Lipinski definition) is 5. The zero-order chi connectivity index (χ0) is 16.2. The van der Waals surface area contributed by atoms with Gasteiger partial charge in [0.05, 0.1) is 11.6 Å². The lowest BCUT2D eigenvalue weighted by Gasteiger charge is -2.31. The molecule has 0 saturated carbocycles. The molecule has 5 nitrogen and oxygen atoms in total. The van der Waals surface area contributed by atoms with Crippen LogP contribution in [0.4, 0.5) is 17.5 Å². The Morgan fingerprint density at radius 3 is 2.74 bits per heavy atom. The number of hydrogen-bond donors (Lipinski definition) is 1. The Bertz CT molecular complexity index is 717. The second-order valence-corrected chi connectivity index (χ2v) is 6.20. The molecule has 1 fully saturated rings. The molecular formula is C18H21N5. The van der Waals surface area contributed by atoms with Gasteiger partial charge in [-0.15, -0.1) is 0 Å². The molecule has 2 heterocycles. The monoisotopic (exact) mass is 307 g/mol. The van der Waals surface area contributed by atoms with E-state index in [9.17, 15) is 0 Å². The standard InChI is InChI=1S/C18H21N5/c1-13-4-3-9-23(12-13)18-20-14(2)10-17(22-18)21-16-7-5-15(11-19)6-8-16/h5-8,10,13H,3-4,9,12H2,1-2H3,(H,20,21,22). The van der Waals surface area contributed by atoms with Crippen molar-refractivity contribution >= 4 is 17.5 Å².